The molecule has 196 valence electrons. The van der Waals surface area contributed by atoms with Gasteiger partial charge in [-0.05, 0) is 54.6 Å². The van der Waals surface area contributed by atoms with Crippen LogP contribution < -0.4 is 8.92 Å². The molecular formula is C25H19FN2O8S2. The maximum atomic E-state index is 14.0. The van der Waals surface area contributed by atoms with Gasteiger partial charge in [-0.1, -0.05) is 30.3 Å². The van der Waals surface area contributed by atoms with Gasteiger partial charge in [-0.15, -0.1) is 0 Å². The molecule has 1 aliphatic rings. The smallest absolute Gasteiger partial charge is 0.339 e. The molecule has 4 rings (SSSR count). The van der Waals surface area contributed by atoms with Gasteiger partial charge in [-0.25, -0.2) is 4.39 Å². The van der Waals surface area contributed by atoms with E-state index in [1.165, 1.54) is 68.6 Å². The molecule has 0 aliphatic carbocycles. The van der Waals surface area contributed by atoms with Crippen LogP contribution in [0, 0.1) is 22.9 Å². The Morgan fingerprint density at radius 1 is 1.08 bits per heavy atom. The van der Waals surface area contributed by atoms with Gasteiger partial charge in [0.15, 0.2) is 11.5 Å². The first-order chi connectivity index (χ1) is 18.0. The largest absolute Gasteiger partial charge is 0.493 e. The summed E-state index contributed by atoms with van der Waals surface area (Å²) >= 11 is 0.685. The molecule has 0 saturated carbocycles. The second kappa shape index (κ2) is 10.6. The van der Waals surface area contributed by atoms with Crippen molar-refractivity contribution in [3.63, 3.8) is 0 Å². The SMILES string of the molecule is COc1cc(/C=C2/SC(=O)N(Cc3ccccc3F)C2=O)ccc1OS(=O)(=O)c1ccc(C)c([N+](=O)[O-])c1. The number of hydrogen-bond donors (Lipinski definition) is 0. The number of imide groups is 1. The lowest BCUT2D eigenvalue weighted by Crippen LogP contribution is -2.27. The minimum atomic E-state index is -4.45. The summed E-state index contributed by atoms with van der Waals surface area (Å²) in [7, 11) is -3.18. The minimum absolute atomic E-state index is 0.00507. The van der Waals surface area contributed by atoms with E-state index in [2.05, 4.69) is 0 Å². The van der Waals surface area contributed by atoms with Crippen LogP contribution in [0.5, 0.6) is 11.5 Å². The van der Waals surface area contributed by atoms with Crippen LogP contribution in [0.3, 0.4) is 0 Å². The first-order valence-corrected chi connectivity index (χ1v) is 13.1. The van der Waals surface area contributed by atoms with E-state index in [0.29, 0.717) is 17.3 Å². The lowest BCUT2D eigenvalue weighted by atomic mass is 10.1. The molecule has 3 aromatic carbocycles. The minimum Gasteiger partial charge on any atom is -0.493 e. The number of amides is 2. The topological polar surface area (TPSA) is 133 Å². The summed E-state index contributed by atoms with van der Waals surface area (Å²) in [6.07, 6.45) is 1.41. The fourth-order valence-electron chi connectivity index (χ4n) is 3.54. The molecule has 3 aromatic rings. The normalized spacial score (nSPS) is 14.7. The average molecular weight is 559 g/mol. The van der Waals surface area contributed by atoms with Gasteiger partial charge >= 0.3 is 10.1 Å². The fraction of sp³-hybridized carbons (Fsp3) is 0.120. The Morgan fingerprint density at radius 2 is 1.82 bits per heavy atom. The van der Waals surface area contributed by atoms with Crippen LogP contribution in [0.2, 0.25) is 0 Å². The Balaban J connectivity index is 1.57. The van der Waals surface area contributed by atoms with Crippen molar-refractivity contribution in [2.75, 3.05) is 7.11 Å². The van der Waals surface area contributed by atoms with Gasteiger partial charge in [0.05, 0.1) is 23.5 Å². The molecule has 1 fully saturated rings. The van der Waals surface area contributed by atoms with Crippen molar-refractivity contribution in [3.05, 3.63) is 98.2 Å². The van der Waals surface area contributed by atoms with Crippen LogP contribution in [0.25, 0.3) is 6.08 Å². The maximum Gasteiger partial charge on any atom is 0.339 e. The number of thioether (sulfide) groups is 1. The fourth-order valence-corrected chi connectivity index (χ4v) is 5.33. The second-order valence-electron chi connectivity index (χ2n) is 8.01. The van der Waals surface area contributed by atoms with Crippen molar-refractivity contribution in [1.82, 2.24) is 4.90 Å². The predicted octanol–water partition coefficient (Wildman–Crippen LogP) is 5.06. The van der Waals surface area contributed by atoms with Gasteiger partial charge in [0, 0.05) is 17.2 Å². The lowest BCUT2D eigenvalue weighted by Gasteiger charge is -2.13. The molecule has 0 bridgehead atoms. The highest BCUT2D eigenvalue weighted by atomic mass is 32.2. The Morgan fingerprint density at radius 3 is 2.50 bits per heavy atom. The molecule has 1 aliphatic heterocycles. The predicted molar refractivity (Wildman–Crippen MR) is 137 cm³/mol. The summed E-state index contributed by atoms with van der Waals surface area (Å²) in [5.74, 6) is -1.34. The van der Waals surface area contributed by atoms with E-state index in [9.17, 15) is 32.5 Å². The van der Waals surface area contributed by atoms with Crippen molar-refractivity contribution in [2.24, 2.45) is 0 Å². The molecule has 0 radical (unpaired) electrons. The van der Waals surface area contributed by atoms with Crippen molar-refractivity contribution in [1.29, 1.82) is 0 Å². The van der Waals surface area contributed by atoms with E-state index in [0.717, 1.165) is 11.0 Å². The number of ether oxygens (including phenoxy) is 1. The van der Waals surface area contributed by atoms with E-state index in [1.807, 2.05) is 0 Å². The number of nitrogens with zero attached hydrogens (tertiary/aromatic N) is 2. The molecule has 10 nitrogen and oxygen atoms in total. The Bertz CT molecular complexity index is 1600. The van der Waals surface area contributed by atoms with E-state index in [-0.39, 0.29) is 39.8 Å². The summed E-state index contributed by atoms with van der Waals surface area (Å²) in [5, 5.41) is 10.6. The monoisotopic (exact) mass is 558 g/mol. The third-order valence-corrected chi connectivity index (χ3v) is 7.65. The van der Waals surface area contributed by atoms with E-state index in [4.69, 9.17) is 8.92 Å². The van der Waals surface area contributed by atoms with Crippen molar-refractivity contribution >= 4 is 44.8 Å². The van der Waals surface area contributed by atoms with Crippen molar-refractivity contribution in [3.8, 4) is 11.5 Å². The van der Waals surface area contributed by atoms with E-state index in [1.54, 1.807) is 6.07 Å². The number of nitro groups is 1. The number of carbonyl (C=O) groups is 2. The summed E-state index contributed by atoms with van der Waals surface area (Å²) in [6, 6.07) is 13.3. The number of nitro benzene ring substituents is 1. The Kier molecular flexibility index (Phi) is 7.51. The number of methoxy groups -OCH3 is 1. The number of aryl methyl sites for hydroxylation is 1. The molecule has 1 saturated heterocycles. The number of rotatable bonds is 8. The molecular weight excluding hydrogens is 539 g/mol. The van der Waals surface area contributed by atoms with E-state index >= 15 is 0 Å². The van der Waals surface area contributed by atoms with Crippen LogP contribution in [0.1, 0.15) is 16.7 Å². The highest BCUT2D eigenvalue weighted by Crippen LogP contribution is 2.36. The zero-order chi connectivity index (χ0) is 27.6. The number of hydrogen-bond acceptors (Lipinski definition) is 9. The quantitative estimate of drug-likeness (QED) is 0.161. The van der Waals surface area contributed by atoms with Gasteiger partial charge in [0.1, 0.15) is 10.7 Å². The number of halogens is 1. The van der Waals surface area contributed by atoms with Crippen LogP contribution in [0.4, 0.5) is 14.9 Å². The molecule has 0 N–H and O–H groups in total. The molecule has 0 aromatic heterocycles. The zero-order valence-electron chi connectivity index (χ0n) is 19.9. The van der Waals surface area contributed by atoms with Crippen molar-refractivity contribution < 1.29 is 36.2 Å². The second-order valence-corrected chi connectivity index (χ2v) is 10.6. The Hall–Kier alpha value is -4.23. The van der Waals surface area contributed by atoms with Gasteiger partial charge in [-0.2, -0.15) is 8.42 Å². The standard InChI is InChI=1S/C25H19FN2O8S2/c1-15-7-9-18(13-20(15)28(31)32)38(33,34)36-21-10-8-16(11-22(21)35-2)12-23-24(29)27(25(30)37-23)14-17-5-3-4-6-19(17)26/h3-13H,14H2,1-2H3/b23-12+. The summed E-state index contributed by atoms with van der Waals surface area (Å²) in [5.41, 5.74) is 0.503. The third-order valence-electron chi connectivity index (χ3n) is 5.51. The Labute approximate surface area is 220 Å². The highest BCUT2D eigenvalue weighted by molar-refractivity contribution is 8.18. The highest BCUT2D eigenvalue weighted by Gasteiger charge is 2.35. The third kappa shape index (κ3) is 5.53. The van der Waals surface area contributed by atoms with Gasteiger partial charge in [-0.3, -0.25) is 24.6 Å². The average Bonchev–Trinajstić information content (AvgIpc) is 3.13. The molecule has 13 heteroatoms. The summed E-state index contributed by atoms with van der Waals surface area (Å²) in [4.78, 5) is 36.3. The van der Waals surface area contributed by atoms with Crippen LogP contribution in [-0.4, -0.2) is 36.5 Å². The maximum absolute atomic E-state index is 14.0. The van der Waals surface area contributed by atoms with Crippen LogP contribution in [0.15, 0.2) is 70.5 Å². The zero-order valence-corrected chi connectivity index (χ0v) is 21.5. The van der Waals surface area contributed by atoms with Crippen molar-refractivity contribution in [2.45, 2.75) is 18.4 Å². The molecule has 0 unspecified atom stereocenters. The van der Waals surface area contributed by atoms with Crippen LogP contribution >= 0.6 is 11.8 Å². The summed E-state index contributed by atoms with van der Waals surface area (Å²) in [6.45, 7) is 1.26. The first kappa shape index (κ1) is 26.8. The molecule has 2 amide bonds. The number of carbonyl (C=O) groups excluding carboxylic acids is 2. The summed E-state index contributed by atoms with van der Waals surface area (Å²) < 4.78 is 50.0. The van der Waals surface area contributed by atoms with Gasteiger partial charge in [0.2, 0.25) is 0 Å². The molecule has 0 atom stereocenters. The molecule has 1 heterocycles. The lowest BCUT2D eigenvalue weighted by molar-refractivity contribution is -0.385. The van der Waals surface area contributed by atoms with E-state index < -0.39 is 36.9 Å². The van der Waals surface area contributed by atoms with Gasteiger partial charge in [0.25, 0.3) is 16.8 Å². The number of benzene rings is 3. The molecule has 0 spiro atoms. The first-order valence-electron chi connectivity index (χ1n) is 10.9. The van der Waals surface area contributed by atoms with Gasteiger partial charge < -0.3 is 8.92 Å². The van der Waals surface area contributed by atoms with Crippen LogP contribution in [-0.2, 0) is 21.5 Å². The molecule has 38 heavy (non-hydrogen) atoms.